The van der Waals surface area contributed by atoms with Crippen LogP contribution in [0.15, 0.2) is 46.8 Å². The predicted molar refractivity (Wildman–Crippen MR) is 90.9 cm³/mol. The zero-order valence-corrected chi connectivity index (χ0v) is 13.8. The van der Waals surface area contributed by atoms with Gasteiger partial charge in [-0.25, -0.2) is 4.98 Å². The highest BCUT2D eigenvalue weighted by Crippen LogP contribution is 2.13. The number of aromatic nitrogens is 2. The fraction of sp³-hybridized carbons (Fsp3) is 0.235. The molecule has 0 aliphatic carbocycles. The van der Waals surface area contributed by atoms with Gasteiger partial charge in [-0.2, -0.15) is 0 Å². The average Bonchev–Trinajstić information content (AvgIpc) is 3.06. The molecule has 3 rings (SSSR count). The number of pyridine rings is 1. The third kappa shape index (κ3) is 3.03. The minimum atomic E-state index is -0.326. The van der Waals surface area contributed by atoms with Crippen LogP contribution in [0.5, 0.6) is 0 Å². The number of carbonyl (C=O) groups excluding carboxylic acids is 1. The first-order chi connectivity index (χ1) is 11.1. The van der Waals surface area contributed by atoms with E-state index in [1.54, 1.807) is 28.5 Å². The van der Waals surface area contributed by atoms with Gasteiger partial charge in [0.05, 0.1) is 6.54 Å². The van der Waals surface area contributed by atoms with Crippen molar-refractivity contribution in [3.8, 4) is 0 Å². The highest BCUT2D eigenvalue weighted by atomic mass is 32.1. The van der Waals surface area contributed by atoms with Gasteiger partial charge in [-0.3, -0.25) is 14.0 Å². The molecule has 0 spiro atoms. The molecule has 0 aromatic carbocycles. The van der Waals surface area contributed by atoms with E-state index in [4.69, 9.17) is 0 Å². The topological polar surface area (TPSA) is 54.7 Å². The lowest BCUT2D eigenvalue weighted by molar-refractivity contribution is 0.0751. The van der Waals surface area contributed by atoms with E-state index in [0.29, 0.717) is 18.7 Å². The van der Waals surface area contributed by atoms with Crippen molar-refractivity contribution in [2.75, 3.05) is 6.54 Å². The zero-order valence-electron chi connectivity index (χ0n) is 13.0. The Morgan fingerprint density at radius 2 is 2.17 bits per heavy atom. The second kappa shape index (κ2) is 6.34. The van der Waals surface area contributed by atoms with Crippen molar-refractivity contribution in [2.45, 2.75) is 20.4 Å². The first kappa shape index (κ1) is 15.4. The molecule has 0 fully saturated rings. The summed E-state index contributed by atoms with van der Waals surface area (Å²) in [6, 6.07) is 7.59. The Labute approximate surface area is 137 Å². The van der Waals surface area contributed by atoms with Gasteiger partial charge in [0.2, 0.25) is 0 Å². The number of thiophene rings is 1. The highest BCUT2D eigenvalue weighted by molar-refractivity contribution is 7.09. The fourth-order valence-corrected chi connectivity index (χ4v) is 3.14. The number of rotatable bonds is 4. The van der Waals surface area contributed by atoms with Gasteiger partial charge in [0, 0.05) is 23.8 Å². The molecule has 0 saturated carbocycles. The van der Waals surface area contributed by atoms with Crippen LogP contribution in [0.3, 0.4) is 0 Å². The van der Waals surface area contributed by atoms with E-state index in [2.05, 4.69) is 4.98 Å². The number of hydrogen-bond acceptors (Lipinski definition) is 4. The molecule has 0 radical (unpaired) electrons. The third-order valence-corrected chi connectivity index (χ3v) is 4.54. The number of carbonyl (C=O) groups is 1. The quantitative estimate of drug-likeness (QED) is 0.740. The molecule has 23 heavy (non-hydrogen) atoms. The molecule has 5 nitrogen and oxygen atoms in total. The van der Waals surface area contributed by atoms with Gasteiger partial charge in [0.15, 0.2) is 0 Å². The summed E-state index contributed by atoms with van der Waals surface area (Å²) in [4.78, 5) is 32.3. The number of aryl methyl sites for hydroxylation is 1. The third-order valence-electron chi connectivity index (χ3n) is 3.68. The Bertz CT molecular complexity index is 900. The van der Waals surface area contributed by atoms with E-state index >= 15 is 0 Å². The Morgan fingerprint density at radius 3 is 2.87 bits per heavy atom. The lowest BCUT2D eigenvalue weighted by Crippen LogP contribution is -2.35. The summed E-state index contributed by atoms with van der Waals surface area (Å²) in [6.07, 6.45) is 3.09. The minimum absolute atomic E-state index is 0.103. The zero-order chi connectivity index (χ0) is 16.4. The number of hydrogen-bond donors (Lipinski definition) is 0. The van der Waals surface area contributed by atoms with E-state index in [1.165, 1.54) is 10.6 Å². The summed E-state index contributed by atoms with van der Waals surface area (Å²) >= 11 is 1.60. The van der Waals surface area contributed by atoms with E-state index < -0.39 is 0 Å². The molecule has 0 saturated heterocycles. The standard InChI is InChI=1S/C17H17N3O2S/c1-3-19(11-13-5-4-8-23-13)16(21)14-9-18-15-7-6-12(2)10-20(15)17(14)22/h4-10H,3,11H2,1-2H3. The number of fused-ring (bicyclic) bond motifs is 1. The van der Waals surface area contributed by atoms with Crippen molar-refractivity contribution < 1.29 is 4.79 Å². The Balaban J connectivity index is 1.99. The van der Waals surface area contributed by atoms with Crippen molar-refractivity contribution in [2.24, 2.45) is 0 Å². The van der Waals surface area contributed by atoms with E-state index in [1.807, 2.05) is 37.4 Å². The van der Waals surface area contributed by atoms with Crippen LogP contribution in [-0.2, 0) is 6.54 Å². The van der Waals surface area contributed by atoms with Gasteiger partial charge in [0.1, 0.15) is 11.2 Å². The first-order valence-electron chi connectivity index (χ1n) is 7.40. The van der Waals surface area contributed by atoms with Crippen LogP contribution in [0, 0.1) is 6.92 Å². The number of amides is 1. The van der Waals surface area contributed by atoms with Crippen molar-refractivity contribution in [3.05, 3.63) is 68.4 Å². The van der Waals surface area contributed by atoms with Gasteiger partial charge in [-0.15, -0.1) is 11.3 Å². The average molecular weight is 327 g/mol. The number of nitrogens with zero attached hydrogens (tertiary/aromatic N) is 3. The molecule has 6 heteroatoms. The molecule has 0 bridgehead atoms. The maximum atomic E-state index is 12.7. The maximum absolute atomic E-state index is 12.7. The maximum Gasteiger partial charge on any atom is 0.270 e. The SMILES string of the molecule is CCN(Cc1cccs1)C(=O)c1cnc2ccc(C)cn2c1=O. The van der Waals surface area contributed by atoms with Crippen molar-refractivity contribution in [1.29, 1.82) is 0 Å². The van der Waals surface area contributed by atoms with Crippen LogP contribution < -0.4 is 5.56 Å². The first-order valence-corrected chi connectivity index (χ1v) is 8.28. The summed E-state index contributed by atoms with van der Waals surface area (Å²) in [5.74, 6) is -0.283. The van der Waals surface area contributed by atoms with Gasteiger partial charge < -0.3 is 4.90 Å². The Kier molecular flexibility index (Phi) is 4.25. The summed E-state index contributed by atoms with van der Waals surface area (Å²) in [5.41, 5.74) is 1.26. The van der Waals surface area contributed by atoms with E-state index in [-0.39, 0.29) is 17.0 Å². The van der Waals surface area contributed by atoms with E-state index in [9.17, 15) is 9.59 Å². The molecule has 0 unspecified atom stereocenters. The predicted octanol–water partition coefficient (Wildman–Crippen LogP) is 2.73. The van der Waals surface area contributed by atoms with E-state index in [0.717, 1.165) is 10.4 Å². The molecule has 0 atom stereocenters. The summed E-state index contributed by atoms with van der Waals surface area (Å²) in [6.45, 7) is 4.84. The van der Waals surface area contributed by atoms with Crippen LogP contribution in [0.1, 0.15) is 27.7 Å². The monoisotopic (exact) mass is 327 g/mol. The largest absolute Gasteiger partial charge is 0.334 e. The second-order valence-corrected chi connectivity index (χ2v) is 6.34. The molecule has 3 aromatic heterocycles. The molecular formula is C17H17N3O2S. The van der Waals surface area contributed by atoms with Gasteiger partial charge in [0.25, 0.3) is 11.5 Å². The molecule has 118 valence electrons. The summed E-state index contributed by atoms with van der Waals surface area (Å²) in [5, 5.41) is 1.98. The smallest absolute Gasteiger partial charge is 0.270 e. The lowest BCUT2D eigenvalue weighted by atomic mass is 10.2. The molecule has 0 N–H and O–H groups in total. The second-order valence-electron chi connectivity index (χ2n) is 5.31. The Morgan fingerprint density at radius 1 is 1.35 bits per heavy atom. The van der Waals surface area contributed by atoms with Crippen LogP contribution in [0.2, 0.25) is 0 Å². The minimum Gasteiger partial charge on any atom is -0.334 e. The Hall–Kier alpha value is -2.47. The van der Waals surface area contributed by atoms with Crippen molar-refractivity contribution in [3.63, 3.8) is 0 Å². The van der Waals surface area contributed by atoms with Crippen LogP contribution in [0.25, 0.3) is 5.65 Å². The summed E-state index contributed by atoms with van der Waals surface area (Å²) in [7, 11) is 0. The summed E-state index contributed by atoms with van der Waals surface area (Å²) < 4.78 is 1.43. The fourth-order valence-electron chi connectivity index (χ4n) is 2.42. The van der Waals surface area contributed by atoms with Crippen LogP contribution in [0.4, 0.5) is 0 Å². The molecule has 0 aliphatic rings. The molecule has 0 aliphatic heterocycles. The normalized spacial score (nSPS) is 10.9. The molecule has 3 aromatic rings. The lowest BCUT2D eigenvalue weighted by Gasteiger charge is -2.19. The molecule has 1 amide bonds. The molecular weight excluding hydrogens is 310 g/mol. The molecule has 3 heterocycles. The van der Waals surface area contributed by atoms with Gasteiger partial charge in [-0.1, -0.05) is 12.1 Å². The van der Waals surface area contributed by atoms with Gasteiger partial charge in [-0.05, 0) is 36.9 Å². The van der Waals surface area contributed by atoms with Crippen molar-refractivity contribution in [1.82, 2.24) is 14.3 Å². The van der Waals surface area contributed by atoms with Crippen molar-refractivity contribution >= 4 is 22.9 Å². The van der Waals surface area contributed by atoms with Crippen LogP contribution in [-0.4, -0.2) is 26.7 Å². The highest BCUT2D eigenvalue weighted by Gasteiger charge is 2.19. The van der Waals surface area contributed by atoms with Gasteiger partial charge >= 0.3 is 0 Å². The van der Waals surface area contributed by atoms with Crippen LogP contribution >= 0.6 is 11.3 Å².